The van der Waals surface area contributed by atoms with Crippen LogP contribution in [0.15, 0.2) is 29.2 Å². The summed E-state index contributed by atoms with van der Waals surface area (Å²) in [6, 6.07) is 5.89. The normalized spacial score (nSPS) is 13.6. The second kappa shape index (κ2) is 6.58. The molecule has 0 saturated carbocycles. The average molecular weight is 231 g/mol. The van der Waals surface area contributed by atoms with Gasteiger partial charge < -0.3 is 0 Å². The van der Waals surface area contributed by atoms with Gasteiger partial charge in [-0.25, -0.2) is 13.3 Å². The SMILES string of the molecule is C=S(=O)(NC)c1ccccc1F.CCC. The lowest BCUT2D eigenvalue weighted by atomic mass is 10.4. The lowest BCUT2D eigenvalue weighted by Crippen LogP contribution is -2.19. The maximum Gasteiger partial charge on any atom is 0.140 e. The third-order valence-corrected chi connectivity index (χ3v) is 3.22. The second-order valence-electron chi connectivity index (χ2n) is 3.02. The molecule has 86 valence electrons. The molecule has 0 amide bonds. The van der Waals surface area contributed by atoms with Crippen LogP contribution in [0.5, 0.6) is 0 Å². The van der Waals surface area contributed by atoms with Crippen molar-refractivity contribution in [3.63, 3.8) is 0 Å². The van der Waals surface area contributed by atoms with Crippen LogP contribution in [-0.4, -0.2) is 17.1 Å². The summed E-state index contributed by atoms with van der Waals surface area (Å²) < 4.78 is 27.0. The largest absolute Gasteiger partial charge is 0.248 e. The van der Waals surface area contributed by atoms with Crippen molar-refractivity contribution in [2.75, 3.05) is 7.05 Å². The van der Waals surface area contributed by atoms with Gasteiger partial charge >= 0.3 is 0 Å². The molecular weight excluding hydrogens is 213 g/mol. The number of hydrogen-bond acceptors (Lipinski definition) is 1. The van der Waals surface area contributed by atoms with Gasteiger partial charge in [-0.05, 0) is 25.1 Å². The van der Waals surface area contributed by atoms with E-state index in [2.05, 4.69) is 24.4 Å². The Morgan fingerprint density at radius 1 is 1.40 bits per heavy atom. The molecule has 1 aromatic carbocycles. The molecule has 1 unspecified atom stereocenters. The third kappa shape index (κ3) is 4.44. The van der Waals surface area contributed by atoms with E-state index in [0.717, 1.165) is 0 Å². The van der Waals surface area contributed by atoms with Crippen molar-refractivity contribution in [2.45, 2.75) is 25.2 Å². The van der Waals surface area contributed by atoms with Gasteiger partial charge in [0.2, 0.25) is 0 Å². The first-order valence-electron chi connectivity index (χ1n) is 4.79. The lowest BCUT2D eigenvalue weighted by Gasteiger charge is -2.07. The van der Waals surface area contributed by atoms with Crippen LogP contribution in [0.1, 0.15) is 20.3 Å². The van der Waals surface area contributed by atoms with E-state index in [-0.39, 0.29) is 4.90 Å². The van der Waals surface area contributed by atoms with Gasteiger partial charge in [-0.2, -0.15) is 0 Å². The van der Waals surface area contributed by atoms with Gasteiger partial charge in [-0.3, -0.25) is 0 Å². The fourth-order valence-electron chi connectivity index (χ4n) is 0.822. The summed E-state index contributed by atoms with van der Waals surface area (Å²) in [6.45, 7) is 4.25. The molecule has 0 aliphatic heterocycles. The first-order valence-corrected chi connectivity index (χ1v) is 6.52. The standard InChI is InChI=1S/C8H10FNOS.C3H8/c1-10-12(2,11)8-6-4-3-5-7(8)9;1-3-2/h3-6H,2H2,1H3,(H,10,11);3H2,1-2H3. The highest BCUT2D eigenvalue weighted by molar-refractivity contribution is 7.98. The molecule has 1 rings (SSSR count). The summed E-state index contributed by atoms with van der Waals surface area (Å²) in [5.74, 6) is 2.90. The van der Waals surface area contributed by atoms with Crippen molar-refractivity contribution in [2.24, 2.45) is 0 Å². The van der Waals surface area contributed by atoms with Crippen LogP contribution in [0.4, 0.5) is 4.39 Å². The predicted molar refractivity (Wildman–Crippen MR) is 65.0 cm³/mol. The van der Waals surface area contributed by atoms with E-state index in [1.807, 2.05) is 0 Å². The number of rotatable bonds is 2. The van der Waals surface area contributed by atoms with Crippen molar-refractivity contribution in [1.82, 2.24) is 4.72 Å². The Hall–Kier alpha value is -0.870. The maximum atomic E-state index is 13.0. The van der Waals surface area contributed by atoms with Gasteiger partial charge in [-0.15, -0.1) is 0 Å². The first kappa shape index (κ1) is 14.1. The molecule has 0 aliphatic carbocycles. The van der Waals surface area contributed by atoms with Crippen molar-refractivity contribution < 1.29 is 8.60 Å². The van der Waals surface area contributed by atoms with Crippen LogP contribution in [0.25, 0.3) is 0 Å². The van der Waals surface area contributed by atoms with Gasteiger partial charge in [0.05, 0.1) is 14.6 Å². The van der Waals surface area contributed by atoms with E-state index in [1.165, 1.54) is 25.6 Å². The fraction of sp³-hybridized carbons (Fsp3) is 0.364. The Morgan fingerprint density at radius 3 is 2.27 bits per heavy atom. The fourth-order valence-corrected chi connectivity index (χ4v) is 1.72. The van der Waals surface area contributed by atoms with Crippen molar-refractivity contribution in [3.05, 3.63) is 30.1 Å². The monoisotopic (exact) mass is 231 g/mol. The van der Waals surface area contributed by atoms with E-state index in [9.17, 15) is 8.60 Å². The highest BCUT2D eigenvalue weighted by Gasteiger charge is 2.08. The van der Waals surface area contributed by atoms with E-state index < -0.39 is 15.5 Å². The highest BCUT2D eigenvalue weighted by Crippen LogP contribution is 2.11. The molecule has 0 bridgehead atoms. The summed E-state index contributed by atoms with van der Waals surface area (Å²) in [7, 11) is -1.17. The highest BCUT2D eigenvalue weighted by atomic mass is 32.2. The Kier molecular flexibility index (Phi) is 6.20. The van der Waals surface area contributed by atoms with E-state index in [4.69, 9.17) is 0 Å². The van der Waals surface area contributed by atoms with Gasteiger partial charge in [-0.1, -0.05) is 32.4 Å². The third-order valence-electron chi connectivity index (χ3n) is 1.52. The van der Waals surface area contributed by atoms with Gasteiger partial charge in [0, 0.05) is 0 Å². The van der Waals surface area contributed by atoms with Crippen molar-refractivity contribution in [1.29, 1.82) is 0 Å². The molecule has 4 heteroatoms. The molecular formula is C11H18FNOS. The zero-order valence-corrected chi connectivity index (χ0v) is 10.2. The summed E-state index contributed by atoms with van der Waals surface area (Å²) in [5, 5.41) is 0. The Morgan fingerprint density at radius 2 is 1.87 bits per heavy atom. The summed E-state index contributed by atoms with van der Waals surface area (Å²) in [6.07, 6.45) is 1.25. The lowest BCUT2D eigenvalue weighted by molar-refractivity contribution is 0.593. The summed E-state index contributed by atoms with van der Waals surface area (Å²) in [5.41, 5.74) is 0. The van der Waals surface area contributed by atoms with Crippen LogP contribution in [0.2, 0.25) is 0 Å². The Labute approximate surface area is 91.7 Å². The van der Waals surface area contributed by atoms with Crippen LogP contribution in [0, 0.1) is 5.82 Å². The molecule has 1 aromatic rings. The topological polar surface area (TPSA) is 29.1 Å². The average Bonchev–Trinajstić information content (AvgIpc) is 2.19. The van der Waals surface area contributed by atoms with Gasteiger partial charge in [0.25, 0.3) is 0 Å². The van der Waals surface area contributed by atoms with E-state index in [0.29, 0.717) is 0 Å². The minimum Gasteiger partial charge on any atom is -0.248 e. The molecule has 15 heavy (non-hydrogen) atoms. The van der Waals surface area contributed by atoms with Gasteiger partial charge in [0.15, 0.2) is 0 Å². The Bertz CT molecular complexity index is 387. The molecule has 0 spiro atoms. The van der Waals surface area contributed by atoms with E-state index in [1.54, 1.807) is 12.1 Å². The molecule has 1 atom stereocenters. The number of hydrogen-bond donors (Lipinski definition) is 1. The van der Waals surface area contributed by atoms with Crippen LogP contribution < -0.4 is 4.72 Å². The second-order valence-corrected chi connectivity index (χ2v) is 5.22. The minimum absolute atomic E-state index is 0.118. The van der Waals surface area contributed by atoms with Crippen LogP contribution >= 0.6 is 0 Å². The van der Waals surface area contributed by atoms with Crippen molar-refractivity contribution in [3.8, 4) is 0 Å². The number of nitrogens with one attached hydrogen (secondary N) is 1. The van der Waals surface area contributed by atoms with E-state index >= 15 is 0 Å². The zero-order valence-electron chi connectivity index (χ0n) is 9.42. The molecule has 0 aliphatic rings. The summed E-state index contributed by atoms with van der Waals surface area (Å²) in [4.78, 5) is 0.118. The molecule has 0 fully saturated rings. The maximum absolute atomic E-state index is 13.0. The van der Waals surface area contributed by atoms with Gasteiger partial charge in [0.1, 0.15) is 5.82 Å². The Balaban J connectivity index is 0.000000583. The van der Waals surface area contributed by atoms with Crippen LogP contribution in [0.3, 0.4) is 0 Å². The van der Waals surface area contributed by atoms with Crippen LogP contribution in [-0.2, 0) is 9.71 Å². The zero-order chi connectivity index (χ0) is 11.9. The smallest absolute Gasteiger partial charge is 0.140 e. The quantitative estimate of drug-likeness (QED) is 0.778. The van der Waals surface area contributed by atoms with Crippen molar-refractivity contribution >= 4 is 15.6 Å². The number of halogens is 1. The molecule has 0 heterocycles. The molecule has 0 aromatic heterocycles. The molecule has 1 N–H and O–H groups in total. The predicted octanol–water partition coefficient (Wildman–Crippen LogP) is 2.45. The summed E-state index contributed by atoms with van der Waals surface area (Å²) >= 11 is 0. The minimum atomic E-state index is -2.65. The molecule has 0 radical (unpaired) electrons. The molecule has 0 saturated heterocycles. The number of benzene rings is 1. The first-order chi connectivity index (χ1) is 6.99. The molecule has 2 nitrogen and oxygen atoms in total.